The number of nitrogens with one attached hydrogen (secondary N) is 3. The molecule has 0 radical (unpaired) electrons. The average Bonchev–Trinajstić information content (AvgIpc) is 3.97. The highest BCUT2D eigenvalue weighted by Gasteiger charge is 2.68. The lowest BCUT2D eigenvalue weighted by Crippen LogP contribution is -2.61. The summed E-state index contributed by atoms with van der Waals surface area (Å²) in [5.41, 5.74) is -1.66. The van der Waals surface area contributed by atoms with Crippen LogP contribution in [0.25, 0.3) is 17.1 Å². The summed E-state index contributed by atoms with van der Waals surface area (Å²) in [6.07, 6.45) is 3.24. The molecule has 2 aliphatic heterocycles. The molecule has 4 amide bonds. The van der Waals surface area contributed by atoms with Crippen LogP contribution in [0.5, 0.6) is 11.6 Å². The van der Waals surface area contributed by atoms with E-state index in [1.165, 1.54) is 18.9 Å². The van der Waals surface area contributed by atoms with Crippen molar-refractivity contribution in [3.8, 4) is 11.6 Å². The number of rotatable bonds is 8. The third-order valence-corrected chi connectivity index (χ3v) is 15.1. The predicted octanol–water partition coefficient (Wildman–Crippen LogP) is 4.49. The number of nitrogens with zero attached hydrogens (tertiary/aromatic N) is 3. The normalized spacial score (nSPS) is 32.3. The van der Waals surface area contributed by atoms with E-state index >= 15 is 0 Å². The molecule has 3 heterocycles. The second-order valence-electron chi connectivity index (χ2n) is 18.5. The molecule has 59 heavy (non-hydrogen) atoms. The quantitative estimate of drug-likeness (QED) is 0.339. The lowest BCUT2D eigenvalue weighted by Gasteiger charge is -2.36. The van der Waals surface area contributed by atoms with Crippen molar-refractivity contribution in [2.45, 2.75) is 126 Å². The van der Waals surface area contributed by atoms with Gasteiger partial charge >= 0.3 is 6.09 Å². The molecular weight excluding hydrogens is 791 g/mol. The molecule has 8 atom stereocenters. The SMILES string of the molecule is COc1ccc2nc3c(nc2c1)O[C@H]1CN(C(=O)[C@H](C(C)(C)C)NC(=O)O[C@@H]2C[C@H]2CCC/C=C/3)[C@H](C(=O)N[C@]2(C(=O)NS(=O)(=O)C3(C)CC3)C[C@H]2C(F)F)[C@@H]1C1CC1. The van der Waals surface area contributed by atoms with Crippen LogP contribution in [0.15, 0.2) is 24.3 Å². The van der Waals surface area contributed by atoms with Crippen LogP contribution in [-0.2, 0) is 29.1 Å². The molecule has 0 spiro atoms. The van der Waals surface area contributed by atoms with Gasteiger partial charge in [-0.25, -0.2) is 32.0 Å². The summed E-state index contributed by atoms with van der Waals surface area (Å²) in [6.45, 7) is 6.56. The van der Waals surface area contributed by atoms with Crippen molar-refractivity contribution in [1.29, 1.82) is 0 Å². The molecule has 5 fully saturated rings. The number of sulfonamides is 1. The molecule has 4 aliphatic carbocycles. The molecule has 2 aromatic rings. The first-order chi connectivity index (χ1) is 27.8. The smallest absolute Gasteiger partial charge is 0.408 e. The number of carbonyl (C=O) groups excluding carboxylic acids is 4. The lowest BCUT2D eigenvalue weighted by molar-refractivity contribution is -0.144. The zero-order chi connectivity index (χ0) is 42.2. The molecule has 6 aliphatic rings. The number of halogens is 2. The average molecular weight is 843 g/mol. The molecule has 4 saturated carbocycles. The zero-order valence-electron chi connectivity index (χ0n) is 33.8. The minimum Gasteiger partial charge on any atom is -0.497 e. The Bertz CT molecular complexity index is 2190. The Labute approximate surface area is 341 Å². The van der Waals surface area contributed by atoms with Crippen molar-refractivity contribution >= 4 is 50.9 Å². The third kappa shape index (κ3) is 8.04. The molecule has 2 bridgehead atoms. The van der Waals surface area contributed by atoms with Gasteiger partial charge in [0.1, 0.15) is 41.3 Å². The van der Waals surface area contributed by atoms with Crippen LogP contribution in [-0.4, -0.2) is 102 Å². The second kappa shape index (κ2) is 14.8. The number of benzene rings is 1. The molecule has 3 N–H and O–H groups in total. The highest BCUT2D eigenvalue weighted by Crippen LogP contribution is 2.51. The van der Waals surface area contributed by atoms with Gasteiger partial charge in [-0.15, -0.1) is 0 Å². The van der Waals surface area contributed by atoms with Crippen LogP contribution in [0, 0.1) is 29.1 Å². The molecule has 1 aromatic carbocycles. The standard InChI is InChI=1S/C41H52F2N6O9S/c1-39(2,3)32-36(51)49-20-29(30(21-11-12-21)31(49)34(50)47-41(19-24(41)33(42)43)37(52)48-59(54,55)40(4)15-16-40)57-35-26(44-25-14-13-23(56-5)18-27(25)45-35)10-8-6-7-9-22-17-28(22)58-38(53)46-32/h8,10,13-14,18,21-22,24,28-33H,6-7,9,11-12,15-17,19-20H2,1-5H3,(H,46,53)(H,47,50)(H,48,52)/b10-8+/t22-,24+,28-,29+,30-,31+,32-,41-/m1/s1. The summed E-state index contributed by atoms with van der Waals surface area (Å²) < 4.78 is 73.8. The van der Waals surface area contributed by atoms with Crippen LogP contribution >= 0.6 is 0 Å². The molecule has 0 unspecified atom stereocenters. The summed E-state index contributed by atoms with van der Waals surface area (Å²) in [5, 5.41) is 5.31. The molecule has 1 aromatic heterocycles. The molecular formula is C41H52F2N6O9S. The fourth-order valence-corrected chi connectivity index (χ4v) is 9.94. The van der Waals surface area contributed by atoms with E-state index < -0.39 is 92.4 Å². The number of alkyl halides is 2. The zero-order valence-corrected chi connectivity index (χ0v) is 34.7. The molecule has 15 nitrogen and oxygen atoms in total. The summed E-state index contributed by atoms with van der Waals surface area (Å²) >= 11 is 0. The van der Waals surface area contributed by atoms with Crippen LogP contribution < -0.4 is 24.8 Å². The second-order valence-corrected chi connectivity index (χ2v) is 20.7. The van der Waals surface area contributed by atoms with E-state index in [-0.39, 0.29) is 30.4 Å². The van der Waals surface area contributed by atoms with Crippen molar-refractivity contribution in [2.24, 2.45) is 29.1 Å². The molecule has 8 rings (SSSR count). The minimum absolute atomic E-state index is 0.151. The van der Waals surface area contributed by atoms with E-state index in [4.69, 9.17) is 24.2 Å². The van der Waals surface area contributed by atoms with Gasteiger partial charge in [0.2, 0.25) is 34.1 Å². The summed E-state index contributed by atoms with van der Waals surface area (Å²) in [5.74, 6) is -4.48. The van der Waals surface area contributed by atoms with E-state index in [0.29, 0.717) is 61.0 Å². The van der Waals surface area contributed by atoms with E-state index in [1.54, 1.807) is 39.0 Å². The number of aromatic nitrogens is 2. The van der Waals surface area contributed by atoms with Gasteiger partial charge < -0.3 is 29.7 Å². The summed E-state index contributed by atoms with van der Waals surface area (Å²) in [7, 11) is -2.71. The van der Waals surface area contributed by atoms with Crippen molar-refractivity contribution in [1.82, 2.24) is 30.2 Å². The molecule has 1 saturated heterocycles. The van der Waals surface area contributed by atoms with Crippen molar-refractivity contribution in [3.63, 3.8) is 0 Å². The number of methoxy groups -OCH3 is 1. The topological polar surface area (TPSA) is 195 Å². The Kier molecular flexibility index (Phi) is 10.3. The Hall–Kier alpha value is -4.61. The van der Waals surface area contributed by atoms with E-state index in [1.807, 2.05) is 16.9 Å². The van der Waals surface area contributed by atoms with E-state index in [0.717, 1.165) is 12.8 Å². The van der Waals surface area contributed by atoms with Gasteiger partial charge in [-0.1, -0.05) is 26.8 Å². The number of amides is 4. The third-order valence-electron chi connectivity index (χ3n) is 13.0. The van der Waals surface area contributed by atoms with E-state index in [2.05, 4.69) is 10.6 Å². The maximum atomic E-state index is 15.0. The highest BCUT2D eigenvalue weighted by molar-refractivity contribution is 7.91. The number of hydrogen-bond donors (Lipinski definition) is 3. The number of allylic oxidation sites excluding steroid dienone is 1. The van der Waals surface area contributed by atoms with Crippen molar-refractivity contribution in [3.05, 3.63) is 30.0 Å². The summed E-state index contributed by atoms with van der Waals surface area (Å²) in [4.78, 5) is 67.9. The first-order valence-electron chi connectivity index (χ1n) is 20.5. The van der Waals surface area contributed by atoms with E-state index in [9.17, 15) is 36.4 Å². The minimum atomic E-state index is -4.25. The Morgan fingerprint density at radius 1 is 1.05 bits per heavy atom. The van der Waals surface area contributed by atoms with Crippen LogP contribution in [0.1, 0.15) is 91.2 Å². The van der Waals surface area contributed by atoms with Gasteiger partial charge in [0.15, 0.2) is 0 Å². The molecule has 18 heteroatoms. The van der Waals surface area contributed by atoms with Crippen molar-refractivity contribution < 1.29 is 50.6 Å². The number of carbonyl (C=O) groups is 4. The Balaban J connectivity index is 1.19. The van der Waals surface area contributed by atoms with Gasteiger partial charge in [-0.05, 0) is 100 Å². The highest BCUT2D eigenvalue weighted by atomic mass is 32.2. The first-order valence-corrected chi connectivity index (χ1v) is 22.0. The number of hydrogen-bond acceptors (Lipinski definition) is 11. The maximum Gasteiger partial charge on any atom is 0.408 e. The molecule has 320 valence electrons. The predicted molar refractivity (Wildman–Crippen MR) is 210 cm³/mol. The number of fused-ring (bicyclic) bond motifs is 5. The van der Waals surface area contributed by atoms with Gasteiger partial charge in [0, 0.05) is 12.0 Å². The number of alkyl carbamates (subject to hydrolysis) is 1. The van der Waals surface area contributed by atoms with Crippen LogP contribution in [0.4, 0.5) is 13.6 Å². The lowest BCUT2D eigenvalue weighted by atomic mass is 9.85. The Morgan fingerprint density at radius 2 is 1.80 bits per heavy atom. The van der Waals surface area contributed by atoms with Gasteiger partial charge in [0.25, 0.3) is 5.91 Å². The fraction of sp³-hybridized carbons (Fsp3) is 0.659. The van der Waals surface area contributed by atoms with Crippen LogP contribution in [0.3, 0.4) is 0 Å². The largest absolute Gasteiger partial charge is 0.497 e. The van der Waals surface area contributed by atoms with Gasteiger partial charge in [0.05, 0.1) is 35.4 Å². The van der Waals surface area contributed by atoms with Gasteiger partial charge in [-0.3, -0.25) is 19.1 Å². The van der Waals surface area contributed by atoms with Crippen LogP contribution in [0.2, 0.25) is 0 Å². The van der Waals surface area contributed by atoms with Gasteiger partial charge in [-0.2, -0.15) is 0 Å². The summed E-state index contributed by atoms with van der Waals surface area (Å²) in [6, 6.07) is 2.70. The fourth-order valence-electron chi connectivity index (χ4n) is 8.63. The van der Waals surface area contributed by atoms with Crippen molar-refractivity contribution in [2.75, 3.05) is 13.7 Å². The monoisotopic (exact) mass is 842 g/mol. The maximum absolute atomic E-state index is 15.0. The number of ether oxygens (including phenoxy) is 3. The first kappa shape index (κ1) is 41.1. The Morgan fingerprint density at radius 3 is 2.44 bits per heavy atom.